The smallest absolute Gasteiger partial charge is 0.226 e. The summed E-state index contributed by atoms with van der Waals surface area (Å²) in [5.41, 5.74) is 3.20. The zero-order valence-corrected chi connectivity index (χ0v) is 16.5. The van der Waals surface area contributed by atoms with Gasteiger partial charge in [0.1, 0.15) is 0 Å². The Morgan fingerprint density at radius 1 is 1.04 bits per heavy atom. The highest BCUT2D eigenvalue weighted by Crippen LogP contribution is 2.32. The number of amides is 1. The fourth-order valence-electron chi connectivity index (χ4n) is 4.61. The number of pyridine rings is 1. The number of likely N-dealkylation sites (tertiary alicyclic amines) is 1. The van der Waals surface area contributed by atoms with E-state index in [9.17, 15) is 4.79 Å². The fraction of sp³-hybridized carbons (Fsp3) is 0.478. The lowest BCUT2D eigenvalue weighted by molar-refractivity contribution is -0.141. The predicted molar refractivity (Wildman–Crippen MR) is 110 cm³/mol. The highest BCUT2D eigenvalue weighted by Gasteiger charge is 2.33. The molecule has 2 heterocycles. The van der Waals surface area contributed by atoms with E-state index in [1.807, 2.05) is 24.4 Å². The highest BCUT2D eigenvalue weighted by molar-refractivity contribution is 6.31. The zero-order valence-electron chi connectivity index (χ0n) is 15.7. The van der Waals surface area contributed by atoms with E-state index in [0.717, 1.165) is 47.5 Å². The second-order valence-electron chi connectivity index (χ2n) is 7.91. The molecule has 1 aromatic heterocycles. The summed E-state index contributed by atoms with van der Waals surface area (Å²) in [6, 6.07) is 10.6. The maximum Gasteiger partial charge on any atom is 0.226 e. The van der Waals surface area contributed by atoms with Crippen molar-refractivity contribution < 1.29 is 4.79 Å². The molecule has 142 valence electrons. The maximum atomic E-state index is 13.1. The van der Waals surface area contributed by atoms with Crippen LogP contribution in [-0.2, 0) is 11.2 Å². The Morgan fingerprint density at radius 2 is 1.89 bits per heavy atom. The molecule has 1 aliphatic heterocycles. The van der Waals surface area contributed by atoms with E-state index in [4.69, 9.17) is 11.6 Å². The van der Waals surface area contributed by atoms with Crippen LogP contribution in [0.4, 0.5) is 0 Å². The molecule has 2 aliphatic rings. The molecule has 1 saturated heterocycles. The molecule has 4 heteroatoms. The first kappa shape index (κ1) is 18.5. The lowest BCUT2D eigenvalue weighted by Gasteiger charge is -2.40. The van der Waals surface area contributed by atoms with Gasteiger partial charge in [-0.1, -0.05) is 49.1 Å². The van der Waals surface area contributed by atoms with Gasteiger partial charge in [-0.05, 0) is 55.4 Å². The molecular formula is C23H27ClN2O. The van der Waals surface area contributed by atoms with E-state index in [0.29, 0.717) is 11.9 Å². The zero-order chi connectivity index (χ0) is 18.6. The number of benzene rings is 1. The summed E-state index contributed by atoms with van der Waals surface area (Å²) in [6.07, 6.45) is 12.7. The summed E-state index contributed by atoms with van der Waals surface area (Å²) in [5.74, 6) is 0.419. The molecule has 3 nitrogen and oxygen atoms in total. The van der Waals surface area contributed by atoms with Crippen LogP contribution in [0, 0.1) is 5.92 Å². The maximum absolute atomic E-state index is 13.1. The Balaban J connectivity index is 1.47. The van der Waals surface area contributed by atoms with Crippen LogP contribution in [0.15, 0.2) is 42.7 Å². The third-order valence-electron chi connectivity index (χ3n) is 6.11. The van der Waals surface area contributed by atoms with Gasteiger partial charge in [-0.15, -0.1) is 0 Å². The molecule has 1 atom stereocenters. The number of piperidine rings is 1. The highest BCUT2D eigenvalue weighted by atomic mass is 35.5. The van der Waals surface area contributed by atoms with Crippen molar-refractivity contribution in [2.45, 2.75) is 57.4 Å². The summed E-state index contributed by atoms with van der Waals surface area (Å²) < 4.78 is 0. The molecule has 1 aromatic carbocycles. The van der Waals surface area contributed by atoms with Crippen LogP contribution in [0.1, 0.15) is 50.5 Å². The van der Waals surface area contributed by atoms with Gasteiger partial charge in [-0.3, -0.25) is 9.78 Å². The number of rotatable bonds is 4. The van der Waals surface area contributed by atoms with Gasteiger partial charge >= 0.3 is 0 Å². The largest absolute Gasteiger partial charge is 0.339 e. The van der Waals surface area contributed by atoms with Gasteiger partial charge in [0.15, 0.2) is 0 Å². The molecule has 2 aromatic rings. The number of carbonyl (C=O) groups is 1. The third kappa shape index (κ3) is 4.19. The van der Waals surface area contributed by atoms with Crippen molar-refractivity contribution in [2.24, 2.45) is 5.92 Å². The van der Waals surface area contributed by atoms with Crippen molar-refractivity contribution >= 4 is 17.5 Å². The predicted octanol–water partition coefficient (Wildman–Crippen LogP) is 5.52. The van der Waals surface area contributed by atoms with Crippen molar-refractivity contribution in [3.63, 3.8) is 0 Å². The van der Waals surface area contributed by atoms with E-state index >= 15 is 0 Å². The number of carbonyl (C=O) groups excluding carboxylic acids is 1. The molecule has 0 N–H and O–H groups in total. The first-order valence-electron chi connectivity index (χ1n) is 10.2. The monoisotopic (exact) mass is 382 g/mol. The topological polar surface area (TPSA) is 33.2 Å². The van der Waals surface area contributed by atoms with E-state index in [-0.39, 0.29) is 5.92 Å². The van der Waals surface area contributed by atoms with Crippen molar-refractivity contribution in [2.75, 3.05) is 6.54 Å². The molecule has 27 heavy (non-hydrogen) atoms. The Kier molecular flexibility index (Phi) is 5.77. The minimum atomic E-state index is 0.0717. The summed E-state index contributed by atoms with van der Waals surface area (Å²) in [4.78, 5) is 19.5. The van der Waals surface area contributed by atoms with E-state index in [2.05, 4.69) is 22.0 Å². The molecule has 2 fully saturated rings. The lowest BCUT2D eigenvalue weighted by atomic mass is 9.86. The van der Waals surface area contributed by atoms with Crippen molar-refractivity contribution in [3.8, 4) is 11.1 Å². The fourth-order valence-corrected chi connectivity index (χ4v) is 4.87. The molecule has 0 spiro atoms. The SMILES string of the molecule is O=C1C(Cc2ccc(-c3cccnc3)cc2Cl)CCCN1C1CCCCC1. The molecule has 1 amide bonds. The van der Waals surface area contributed by atoms with Gasteiger partial charge in [-0.2, -0.15) is 0 Å². The first-order chi connectivity index (χ1) is 13.2. The molecule has 1 unspecified atom stereocenters. The van der Waals surface area contributed by atoms with Crippen LogP contribution >= 0.6 is 11.6 Å². The van der Waals surface area contributed by atoms with E-state index in [1.54, 1.807) is 6.20 Å². The van der Waals surface area contributed by atoms with Gasteiger partial charge in [-0.25, -0.2) is 0 Å². The van der Waals surface area contributed by atoms with Crippen LogP contribution in [0.5, 0.6) is 0 Å². The minimum Gasteiger partial charge on any atom is -0.339 e. The van der Waals surface area contributed by atoms with E-state index < -0.39 is 0 Å². The number of hydrogen-bond donors (Lipinski definition) is 0. The van der Waals surface area contributed by atoms with Crippen LogP contribution in [0.25, 0.3) is 11.1 Å². The average Bonchev–Trinajstić information content (AvgIpc) is 2.72. The van der Waals surface area contributed by atoms with Crippen LogP contribution in [0.3, 0.4) is 0 Å². The van der Waals surface area contributed by atoms with Crippen molar-refractivity contribution in [3.05, 3.63) is 53.3 Å². The normalized spacial score (nSPS) is 21.4. The molecular weight excluding hydrogens is 356 g/mol. The van der Waals surface area contributed by atoms with Crippen molar-refractivity contribution in [1.29, 1.82) is 0 Å². The second-order valence-corrected chi connectivity index (χ2v) is 8.32. The molecule has 0 radical (unpaired) electrons. The van der Waals surface area contributed by atoms with Gasteiger partial charge < -0.3 is 4.90 Å². The van der Waals surface area contributed by atoms with Gasteiger partial charge in [0.25, 0.3) is 0 Å². The summed E-state index contributed by atoms with van der Waals surface area (Å²) in [5, 5.41) is 0.749. The Morgan fingerprint density at radius 3 is 2.63 bits per heavy atom. The van der Waals surface area contributed by atoms with Gasteiger partial charge in [0.05, 0.1) is 0 Å². The average molecular weight is 383 g/mol. The number of halogens is 1. The second kappa shape index (κ2) is 8.43. The standard InChI is InChI=1S/C23H27ClN2O/c24-22-15-17(20-6-4-12-25-16-20)10-11-18(22)14-19-7-5-13-26(23(19)27)21-8-2-1-3-9-21/h4,6,10-12,15-16,19,21H,1-3,5,7-9,13-14H2. The molecule has 1 saturated carbocycles. The quantitative estimate of drug-likeness (QED) is 0.697. The Labute approximate surface area is 166 Å². The third-order valence-corrected chi connectivity index (χ3v) is 6.47. The van der Waals surface area contributed by atoms with Crippen molar-refractivity contribution in [1.82, 2.24) is 9.88 Å². The number of aromatic nitrogens is 1. The molecule has 0 bridgehead atoms. The van der Waals surface area contributed by atoms with Gasteiger partial charge in [0.2, 0.25) is 5.91 Å². The number of nitrogens with zero attached hydrogens (tertiary/aromatic N) is 2. The van der Waals surface area contributed by atoms with Crippen LogP contribution < -0.4 is 0 Å². The summed E-state index contributed by atoms with van der Waals surface area (Å²) in [6.45, 7) is 0.938. The first-order valence-corrected chi connectivity index (χ1v) is 10.6. The molecule has 1 aliphatic carbocycles. The Bertz CT molecular complexity index is 786. The number of hydrogen-bond acceptors (Lipinski definition) is 2. The summed E-state index contributed by atoms with van der Waals surface area (Å²) in [7, 11) is 0. The molecule has 4 rings (SSSR count). The van der Waals surface area contributed by atoms with E-state index in [1.165, 1.54) is 32.1 Å². The summed E-state index contributed by atoms with van der Waals surface area (Å²) >= 11 is 6.59. The Hall–Kier alpha value is -1.87. The lowest BCUT2D eigenvalue weighted by Crippen LogP contribution is -2.48. The van der Waals surface area contributed by atoms with Crippen LogP contribution in [-0.4, -0.2) is 28.4 Å². The minimum absolute atomic E-state index is 0.0717. The van der Waals surface area contributed by atoms with Crippen LogP contribution in [0.2, 0.25) is 5.02 Å². The van der Waals surface area contributed by atoms with Gasteiger partial charge in [0, 0.05) is 41.5 Å².